The normalized spacial score (nSPS) is 12.5. The fourth-order valence-corrected chi connectivity index (χ4v) is 1.68. The minimum Gasteiger partial charge on any atom is -0.314 e. The molecule has 0 spiro atoms. The van der Waals surface area contributed by atoms with Gasteiger partial charge in [-0.3, -0.25) is 4.79 Å². The highest BCUT2D eigenvalue weighted by molar-refractivity contribution is 6.30. The van der Waals surface area contributed by atoms with Gasteiger partial charge in [0.1, 0.15) is 5.82 Å². The quantitative estimate of drug-likeness (QED) is 0.806. The van der Waals surface area contributed by atoms with E-state index in [0.29, 0.717) is 5.02 Å². The van der Waals surface area contributed by atoms with Gasteiger partial charge in [0, 0.05) is 17.5 Å². The van der Waals surface area contributed by atoms with Gasteiger partial charge >= 0.3 is 0 Å². The molecular weight excluding hydrogens is 229 g/mol. The van der Waals surface area contributed by atoms with E-state index in [1.165, 1.54) is 12.1 Å². The first kappa shape index (κ1) is 13.1. The van der Waals surface area contributed by atoms with Crippen LogP contribution in [0.4, 0.5) is 4.39 Å². The van der Waals surface area contributed by atoms with Crippen LogP contribution in [0.5, 0.6) is 0 Å². The molecule has 1 aromatic carbocycles. The van der Waals surface area contributed by atoms with E-state index in [2.05, 4.69) is 5.32 Å². The van der Waals surface area contributed by atoms with Crippen molar-refractivity contribution < 1.29 is 9.18 Å². The summed E-state index contributed by atoms with van der Waals surface area (Å²) in [5.41, 5.74) is 0.106. The molecule has 0 aromatic heterocycles. The third kappa shape index (κ3) is 3.58. The Hall–Kier alpha value is -0.930. The number of hydrogen-bond donors (Lipinski definition) is 1. The Balaban J connectivity index is 2.73. The molecule has 0 aliphatic heterocycles. The maximum Gasteiger partial charge on any atom is 0.167 e. The average molecular weight is 244 g/mol. The summed E-state index contributed by atoms with van der Waals surface area (Å²) in [6.45, 7) is 4.65. The van der Waals surface area contributed by atoms with E-state index in [4.69, 9.17) is 11.6 Å². The number of halogens is 2. The maximum absolute atomic E-state index is 13.4. The molecule has 0 saturated carbocycles. The molecule has 0 aliphatic rings. The first-order chi connectivity index (χ1) is 7.54. The molecular formula is C12H15ClFNO. The van der Waals surface area contributed by atoms with Crippen molar-refractivity contribution in [2.24, 2.45) is 0 Å². The van der Waals surface area contributed by atoms with Crippen LogP contribution in [-0.2, 0) is 0 Å². The van der Waals surface area contributed by atoms with Crippen molar-refractivity contribution in [3.8, 4) is 0 Å². The van der Waals surface area contributed by atoms with Gasteiger partial charge in [-0.2, -0.15) is 0 Å². The summed E-state index contributed by atoms with van der Waals surface area (Å²) >= 11 is 5.61. The molecule has 0 amide bonds. The number of benzene rings is 1. The fourth-order valence-electron chi connectivity index (χ4n) is 1.52. The minimum absolute atomic E-state index is 0.0487. The van der Waals surface area contributed by atoms with Crippen molar-refractivity contribution in [2.45, 2.75) is 26.3 Å². The Morgan fingerprint density at radius 2 is 2.25 bits per heavy atom. The zero-order valence-electron chi connectivity index (χ0n) is 9.39. The van der Waals surface area contributed by atoms with Gasteiger partial charge in [-0.05, 0) is 31.7 Å². The predicted molar refractivity (Wildman–Crippen MR) is 63.5 cm³/mol. The molecule has 2 nitrogen and oxygen atoms in total. The summed E-state index contributed by atoms with van der Waals surface area (Å²) in [6.07, 6.45) is 0.284. The Kier molecular flexibility index (Phi) is 4.90. The average Bonchev–Trinajstić information content (AvgIpc) is 2.17. The summed E-state index contributed by atoms with van der Waals surface area (Å²) in [7, 11) is 0. The molecule has 1 atom stereocenters. The number of rotatable bonds is 5. The Labute approximate surface area is 99.8 Å². The van der Waals surface area contributed by atoms with E-state index >= 15 is 0 Å². The predicted octanol–water partition coefficient (Wildman–Crippen LogP) is 3.05. The minimum atomic E-state index is -0.554. The zero-order valence-corrected chi connectivity index (χ0v) is 10.1. The molecule has 88 valence electrons. The summed E-state index contributed by atoms with van der Waals surface area (Å²) in [5.74, 6) is -0.760. The number of hydrogen-bond acceptors (Lipinski definition) is 2. The van der Waals surface area contributed by atoms with Gasteiger partial charge in [-0.25, -0.2) is 4.39 Å². The first-order valence-corrected chi connectivity index (χ1v) is 5.64. The van der Waals surface area contributed by atoms with Gasteiger partial charge in [0.05, 0.1) is 5.56 Å². The first-order valence-electron chi connectivity index (χ1n) is 5.26. The third-order valence-corrected chi connectivity index (χ3v) is 2.51. The van der Waals surface area contributed by atoms with Crippen LogP contribution in [0.3, 0.4) is 0 Å². The van der Waals surface area contributed by atoms with Crippen molar-refractivity contribution in [3.05, 3.63) is 34.6 Å². The van der Waals surface area contributed by atoms with Crippen LogP contribution in [0.15, 0.2) is 18.2 Å². The molecule has 0 heterocycles. The van der Waals surface area contributed by atoms with Crippen LogP contribution in [-0.4, -0.2) is 18.4 Å². The van der Waals surface area contributed by atoms with Crippen LogP contribution in [0, 0.1) is 5.82 Å². The van der Waals surface area contributed by atoms with Gasteiger partial charge in [0.2, 0.25) is 0 Å². The molecule has 1 N–H and O–H groups in total. The Morgan fingerprint density at radius 3 is 2.81 bits per heavy atom. The molecule has 0 radical (unpaired) electrons. The van der Waals surface area contributed by atoms with Crippen molar-refractivity contribution >= 4 is 17.4 Å². The summed E-state index contributed by atoms with van der Waals surface area (Å²) < 4.78 is 13.4. The standard InChI is InChI=1S/C12H15ClFNO/c1-3-15-8(2)6-12(16)10-5-4-9(13)7-11(10)14/h4-5,7-8,15H,3,6H2,1-2H3. The topological polar surface area (TPSA) is 29.1 Å². The molecule has 0 bridgehead atoms. The van der Waals surface area contributed by atoms with E-state index in [-0.39, 0.29) is 23.8 Å². The van der Waals surface area contributed by atoms with E-state index in [1.807, 2.05) is 13.8 Å². The van der Waals surface area contributed by atoms with Crippen molar-refractivity contribution in [2.75, 3.05) is 6.54 Å². The van der Waals surface area contributed by atoms with Gasteiger partial charge < -0.3 is 5.32 Å². The second kappa shape index (κ2) is 5.97. The lowest BCUT2D eigenvalue weighted by Crippen LogP contribution is -2.28. The summed E-state index contributed by atoms with van der Waals surface area (Å²) in [5, 5.41) is 3.41. The highest BCUT2D eigenvalue weighted by Gasteiger charge is 2.14. The lowest BCUT2D eigenvalue weighted by molar-refractivity contribution is 0.0968. The molecule has 1 aromatic rings. The number of ketones is 1. The van der Waals surface area contributed by atoms with Crippen LogP contribution in [0.25, 0.3) is 0 Å². The van der Waals surface area contributed by atoms with E-state index < -0.39 is 5.82 Å². The van der Waals surface area contributed by atoms with Gasteiger partial charge in [0.25, 0.3) is 0 Å². The smallest absolute Gasteiger partial charge is 0.167 e. The van der Waals surface area contributed by atoms with Crippen LogP contribution >= 0.6 is 11.6 Å². The van der Waals surface area contributed by atoms with E-state index in [1.54, 1.807) is 0 Å². The Bertz CT molecular complexity index is 381. The number of Topliss-reactive ketones (excluding diaryl/α,β-unsaturated/α-hetero) is 1. The molecule has 0 aliphatic carbocycles. The second-order valence-corrected chi connectivity index (χ2v) is 4.15. The van der Waals surface area contributed by atoms with Crippen molar-refractivity contribution in [1.29, 1.82) is 0 Å². The monoisotopic (exact) mass is 243 g/mol. The largest absolute Gasteiger partial charge is 0.314 e. The lowest BCUT2D eigenvalue weighted by atomic mass is 10.0. The van der Waals surface area contributed by atoms with Gasteiger partial charge in [0.15, 0.2) is 5.78 Å². The number of carbonyl (C=O) groups excluding carboxylic acids is 1. The zero-order chi connectivity index (χ0) is 12.1. The highest BCUT2D eigenvalue weighted by Crippen LogP contribution is 2.16. The lowest BCUT2D eigenvalue weighted by Gasteiger charge is -2.11. The molecule has 1 unspecified atom stereocenters. The maximum atomic E-state index is 13.4. The van der Waals surface area contributed by atoms with Crippen LogP contribution < -0.4 is 5.32 Å². The van der Waals surface area contributed by atoms with Crippen molar-refractivity contribution in [1.82, 2.24) is 5.32 Å². The SMILES string of the molecule is CCNC(C)CC(=O)c1ccc(Cl)cc1F. The molecule has 1 rings (SSSR count). The number of nitrogens with one attached hydrogen (secondary N) is 1. The number of carbonyl (C=O) groups is 1. The molecule has 16 heavy (non-hydrogen) atoms. The highest BCUT2D eigenvalue weighted by atomic mass is 35.5. The van der Waals surface area contributed by atoms with Gasteiger partial charge in [-0.1, -0.05) is 18.5 Å². The second-order valence-electron chi connectivity index (χ2n) is 3.71. The van der Waals surface area contributed by atoms with Gasteiger partial charge in [-0.15, -0.1) is 0 Å². The molecule has 0 saturated heterocycles. The Morgan fingerprint density at radius 1 is 1.56 bits per heavy atom. The van der Waals surface area contributed by atoms with E-state index in [0.717, 1.165) is 12.6 Å². The summed E-state index contributed by atoms with van der Waals surface area (Å²) in [4.78, 5) is 11.7. The molecule has 0 fully saturated rings. The molecule has 4 heteroatoms. The van der Waals surface area contributed by atoms with Crippen LogP contribution in [0.2, 0.25) is 5.02 Å². The third-order valence-electron chi connectivity index (χ3n) is 2.28. The summed E-state index contributed by atoms with van der Waals surface area (Å²) in [6, 6.07) is 4.16. The fraction of sp³-hybridized carbons (Fsp3) is 0.417. The van der Waals surface area contributed by atoms with E-state index in [9.17, 15) is 9.18 Å². The van der Waals surface area contributed by atoms with Crippen molar-refractivity contribution in [3.63, 3.8) is 0 Å². The van der Waals surface area contributed by atoms with Crippen LogP contribution in [0.1, 0.15) is 30.6 Å².